The molecule has 2 unspecified atom stereocenters. The van der Waals surface area contributed by atoms with E-state index in [-0.39, 0.29) is 4.63 Å². The van der Waals surface area contributed by atoms with Crippen LogP contribution in [0.4, 0.5) is 0 Å². The van der Waals surface area contributed by atoms with Gasteiger partial charge < -0.3 is 0 Å². The predicted molar refractivity (Wildman–Crippen MR) is 143 cm³/mol. The van der Waals surface area contributed by atoms with Crippen molar-refractivity contribution in [2.24, 2.45) is 0 Å². The molecule has 0 aliphatic rings. The van der Waals surface area contributed by atoms with Gasteiger partial charge in [0.15, 0.2) is 0 Å². The third-order valence-corrected chi connectivity index (χ3v) is 15.6. The van der Waals surface area contributed by atoms with E-state index in [9.17, 15) is 0 Å². The molecule has 32 heavy (non-hydrogen) atoms. The summed E-state index contributed by atoms with van der Waals surface area (Å²) in [5.41, 5.74) is 0.298. The van der Waals surface area contributed by atoms with E-state index < -0.39 is 27.5 Å². The predicted octanol–water partition coefficient (Wildman–Crippen LogP) is 6.89. The minimum absolute atomic E-state index is 0.143. The zero-order chi connectivity index (χ0) is 22.3. The monoisotopic (exact) mass is 539 g/mol. The van der Waals surface area contributed by atoms with Gasteiger partial charge >= 0.3 is 208 Å². The second-order valence-electron chi connectivity index (χ2n) is 7.34. The molecule has 0 radical (unpaired) electrons. The zero-order valence-electron chi connectivity index (χ0n) is 17.7. The van der Waals surface area contributed by atoms with Gasteiger partial charge in [0.05, 0.1) is 0 Å². The summed E-state index contributed by atoms with van der Waals surface area (Å²) in [7, 11) is 12.4. The summed E-state index contributed by atoms with van der Waals surface area (Å²) in [6, 6.07) is 43.3. The second kappa shape index (κ2) is 11.8. The average Bonchev–Trinajstić information content (AvgIpc) is 2.84. The molecule has 0 spiro atoms. The summed E-state index contributed by atoms with van der Waals surface area (Å²) >= 11 is -0.951. The summed E-state index contributed by atoms with van der Waals surface area (Å²) in [5, 5.41) is 5.38. The molecule has 0 saturated heterocycles. The van der Waals surface area contributed by atoms with Crippen LogP contribution in [-0.2, 0) is 11.6 Å². The van der Waals surface area contributed by atoms with Crippen molar-refractivity contribution < 1.29 is 11.6 Å². The quantitative estimate of drug-likeness (QED) is 0.169. The van der Waals surface area contributed by atoms with Crippen molar-refractivity contribution in [1.82, 2.24) is 0 Å². The Balaban J connectivity index is 1.85. The Hall–Kier alpha value is -1.19. The Bertz CT molecular complexity index is 1000. The molecule has 4 rings (SSSR count). The fourth-order valence-corrected chi connectivity index (χ4v) is 15.1. The van der Waals surface area contributed by atoms with Crippen LogP contribution in [0.1, 0.15) is 6.92 Å². The molecule has 2 atom stereocenters. The van der Waals surface area contributed by atoms with E-state index in [1.807, 2.05) is 0 Å². The summed E-state index contributed by atoms with van der Waals surface area (Å²) in [6.07, 6.45) is 0. The Kier molecular flexibility index (Phi) is 8.83. The van der Waals surface area contributed by atoms with Crippen LogP contribution in [0.15, 0.2) is 121 Å². The first-order valence-corrected chi connectivity index (χ1v) is 16.5. The van der Waals surface area contributed by atoms with Gasteiger partial charge in [0.2, 0.25) is 0 Å². The molecule has 0 aliphatic carbocycles. The van der Waals surface area contributed by atoms with Crippen LogP contribution in [0.2, 0.25) is 0 Å². The van der Waals surface area contributed by atoms with Gasteiger partial charge in [0.1, 0.15) is 0 Å². The molecule has 0 amide bonds. The van der Waals surface area contributed by atoms with Gasteiger partial charge in [-0.25, -0.2) is 0 Å². The molecule has 4 aromatic carbocycles. The molecule has 0 bridgehead atoms. The van der Waals surface area contributed by atoms with Gasteiger partial charge in [-0.2, -0.15) is 0 Å². The normalized spacial score (nSPS) is 13.7. The molecule has 0 nitrogen and oxygen atoms in total. The first-order chi connectivity index (χ1) is 15.7. The molecular formula is C27H25Cl2NiP2. The molecule has 0 N–H and O–H groups in total. The number of hydrogen-bond acceptors (Lipinski definition) is 0. The van der Waals surface area contributed by atoms with Crippen molar-refractivity contribution in [3.8, 4) is 0 Å². The Labute approximate surface area is 206 Å². The summed E-state index contributed by atoms with van der Waals surface area (Å²) in [5.74, 6) is 0. The summed E-state index contributed by atoms with van der Waals surface area (Å²) < 4.78 is 0.143. The number of halogens is 2. The van der Waals surface area contributed by atoms with E-state index in [1.165, 1.54) is 21.2 Å². The molecule has 167 valence electrons. The first kappa shape index (κ1) is 24.0. The van der Waals surface area contributed by atoms with E-state index >= 15 is 0 Å². The summed E-state index contributed by atoms with van der Waals surface area (Å²) in [6.45, 7) is 2.35. The van der Waals surface area contributed by atoms with Crippen LogP contribution in [0, 0.1) is 0 Å². The van der Waals surface area contributed by atoms with E-state index in [2.05, 4.69) is 128 Å². The van der Waals surface area contributed by atoms with Crippen LogP contribution in [0.5, 0.6) is 0 Å². The number of benzene rings is 4. The summed E-state index contributed by atoms with van der Waals surface area (Å²) in [4.78, 5) is 0. The van der Waals surface area contributed by atoms with Crippen LogP contribution >= 0.6 is 36.2 Å². The first-order valence-electron chi connectivity index (χ1n) is 10.4. The van der Waals surface area contributed by atoms with Crippen molar-refractivity contribution in [3.05, 3.63) is 121 Å². The van der Waals surface area contributed by atoms with Gasteiger partial charge in [0, 0.05) is 0 Å². The molecule has 0 fully saturated rings. The third kappa shape index (κ3) is 5.65. The van der Waals surface area contributed by atoms with E-state index in [1.54, 1.807) is 0 Å². The Morgan fingerprint density at radius 1 is 0.500 bits per heavy atom. The fraction of sp³-hybridized carbons (Fsp3) is 0.111. The van der Waals surface area contributed by atoms with Gasteiger partial charge in [-0.15, -0.1) is 0 Å². The third-order valence-electron chi connectivity index (χ3n) is 5.29. The van der Waals surface area contributed by atoms with Crippen molar-refractivity contribution in [2.75, 3.05) is 0 Å². The van der Waals surface area contributed by atoms with Gasteiger partial charge in [-0.1, -0.05) is 0 Å². The Morgan fingerprint density at radius 2 is 0.781 bits per heavy atom. The van der Waals surface area contributed by atoms with Crippen molar-refractivity contribution in [1.29, 1.82) is 0 Å². The molecule has 0 aliphatic heterocycles. The molecule has 0 heterocycles. The van der Waals surface area contributed by atoms with Crippen LogP contribution in [0.3, 0.4) is 0 Å². The molecule has 0 saturated carbocycles. The molecule has 5 heteroatoms. The number of rotatable bonds is 8. The number of hydrogen-bond donors (Lipinski definition) is 0. The van der Waals surface area contributed by atoms with E-state index in [4.69, 9.17) is 20.4 Å². The van der Waals surface area contributed by atoms with Crippen molar-refractivity contribution in [3.63, 3.8) is 0 Å². The van der Waals surface area contributed by atoms with Gasteiger partial charge in [-0.05, 0) is 0 Å². The van der Waals surface area contributed by atoms with Crippen molar-refractivity contribution >= 4 is 57.4 Å². The van der Waals surface area contributed by atoms with Crippen LogP contribution < -0.4 is 21.2 Å². The van der Waals surface area contributed by atoms with E-state index in [0.29, 0.717) is 5.66 Å². The minimum atomic E-state index is -0.951. The fourth-order valence-electron chi connectivity index (χ4n) is 3.90. The Morgan fingerprint density at radius 3 is 1.06 bits per heavy atom. The molecule has 4 aromatic rings. The standard InChI is InChI=1S/C27H25P2.2ClH.Ni/c1-23(29(26-18-10-4-11-19-26)27-20-12-5-13-21-27)22-28(24-14-6-2-7-15-24)25-16-8-3-9-17-25;;;/h2-23H,1H3;2*1H;/q;;;+2/p-2. The van der Waals surface area contributed by atoms with Gasteiger partial charge in [0.25, 0.3) is 0 Å². The average molecular weight is 541 g/mol. The molecule has 0 aromatic heterocycles. The second-order valence-corrected chi connectivity index (χ2v) is 16.5. The van der Waals surface area contributed by atoms with Crippen molar-refractivity contribution in [2.45, 2.75) is 17.2 Å². The molecular weight excluding hydrogens is 516 g/mol. The van der Waals surface area contributed by atoms with Crippen LogP contribution in [0.25, 0.3) is 0 Å². The van der Waals surface area contributed by atoms with E-state index in [0.717, 1.165) is 0 Å². The van der Waals surface area contributed by atoms with Gasteiger partial charge in [-0.3, -0.25) is 0 Å². The SMILES string of the molecule is CC([CH](P(c1ccccc1)c1ccccc1)[Ni]([Cl])[Cl])P(c1ccccc1)c1ccccc1. The zero-order valence-corrected chi connectivity index (χ0v) is 22.0. The maximum absolute atomic E-state index is 6.89. The topological polar surface area (TPSA) is 0 Å². The van der Waals surface area contributed by atoms with Crippen LogP contribution in [-0.4, -0.2) is 10.3 Å². The maximum atomic E-state index is 6.89.